The van der Waals surface area contributed by atoms with Crippen molar-refractivity contribution in [2.45, 2.75) is 130 Å². The fourth-order valence-electron chi connectivity index (χ4n) is 7.63. The lowest BCUT2D eigenvalue weighted by Crippen LogP contribution is -2.54. The van der Waals surface area contributed by atoms with Crippen molar-refractivity contribution in [1.82, 2.24) is 9.80 Å². The molecule has 3 aliphatic rings. The summed E-state index contributed by atoms with van der Waals surface area (Å²) in [7, 11) is 4.03. The molecule has 0 bridgehead atoms. The first-order valence-corrected chi connectivity index (χ1v) is 19.7. The zero-order chi connectivity index (χ0) is 38.4. The average Bonchev–Trinajstić information content (AvgIpc) is 3.89. The second-order valence-corrected chi connectivity index (χ2v) is 17.5. The van der Waals surface area contributed by atoms with Crippen molar-refractivity contribution in [3.63, 3.8) is 0 Å². The van der Waals surface area contributed by atoms with Gasteiger partial charge in [-0.1, -0.05) is 13.8 Å². The standard InChI is InChI=1S/C41H68N4O7/c1-11-50-27-29(22-28(2)3)14-12-15-35(46)30-23-31(26-43(25-30)39(49)52-40(4,5)6)37(47)45(32-16-17-32)33-18-19-36-34(24-33)44(21-13-20-42(9)10)38(48)41(7,8)51-36/h18-19,24,28-32,39,49H,11-17,20-23,25-27H2,1-10H3/t29-,30+,31-,39?/m1/s1. The van der Waals surface area contributed by atoms with Crippen molar-refractivity contribution in [3.05, 3.63) is 18.2 Å². The van der Waals surface area contributed by atoms with E-state index in [1.54, 1.807) is 23.6 Å². The van der Waals surface area contributed by atoms with Gasteiger partial charge in [0.1, 0.15) is 11.5 Å². The molecule has 1 aromatic carbocycles. The van der Waals surface area contributed by atoms with Crippen LogP contribution in [0, 0.1) is 23.7 Å². The highest BCUT2D eigenvalue weighted by Crippen LogP contribution is 2.43. The molecular weight excluding hydrogens is 660 g/mol. The van der Waals surface area contributed by atoms with Crippen LogP contribution in [0.4, 0.5) is 11.4 Å². The van der Waals surface area contributed by atoms with Gasteiger partial charge in [-0.05, 0) is 137 Å². The maximum Gasteiger partial charge on any atom is 0.270 e. The van der Waals surface area contributed by atoms with Crippen LogP contribution in [-0.4, -0.2) is 110 Å². The highest BCUT2D eigenvalue weighted by molar-refractivity contribution is 6.04. The number of rotatable bonds is 19. The predicted molar refractivity (Wildman–Crippen MR) is 205 cm³/mol. The highest BCUT2D eigenvalue weighted by Gasteiger charge is 2.45. The molecule has 294 valence electrons. The lowest BCUT2D eigenvalue weighted by molar-refractivity contribution is -0.247. The predicted octanol–water partition coefficient (Wildman–Crippen LogP) is 6.11. The van der Waals surface area contributed by atoms with E-state index in [2.05, 4.69) is 18.7 Å². The largest absolute Gasteiger partial charge is 0.476 e. The van der Waals surface area contributed by atoms with Gasteiger partial charge >= 0.3 is 0 Å². The maximum absolute atomic E-state index is 14.7. The van der Waals surface area contributed by atoms with E-state index in [0.717, 1.165) is 50.8 Å². The number of piperidine rings is 1. The van der Waals surface area contributed by atoms with Crippen LogP contribution >= 0.6 is 0 Å². The first-order valence-electron chi connectivity index (χ1n) is 19.7. The zero-order valence-electron chi connectivity index (χ0n) is 33.8. The van der Waals surface area contributed by atoms with Gasteiger partial charge in [0.2, 0.25) is 12.3 Å². The zero-order valence-corrected chi connectivity index (χ0v) is 33.8. The van der Waals surface area contributed by atoms with Crippen LogP contribution in [-0.2, 0) is 23.9 Å². The second kappa shape index (κ2) is 18.2. The highest BCUT2D eigenvalue weighted by atomic mass is 16.6. The minimum atomic E-state index is -1.24. The molecule has 1 saturated heterocycles. The number of likely N-dealkylation sites (tertiary alicyclic amines) is 1. The molecule has 11 nitrogen and oxygen atoms in total. The van der Waals surface area contributed by atoms with Crippen molar-refractivity contribution in [2.75, 3.05) is 63.3 Å². The molecule has 1 aromatic rings. The fraction of sp³-hybridized carbons (Fsp3) is 0.780. The Bertz CT molecular complexity index is 1350. The smallest absolute Gasteiger partial charge is 0.270 e. The molecule has 0 spiro atoms. The van der Waals surface area contributed by atoms with Gasteiger partial charge in [-0.3, -0.25) is 19.3 Å². The summed E-state index contributed by atoms with van der Waals surface area (Å²) in [6.45, 7) is 19.1. The third kappa shape index (κ3) is 11.7. The minimum absolute atomic E-state index is 0.0351. The summed E-state index contributed by atoms with van der Waals surface area (Å²) < 4.78 is 17.9. The Morgan fingerprint density at radius 2 is 1.79 bits per heavy atom. The third-order valence-electron chi connectivity index (χ3n) is 10.2. The Morgan fingerprint density at radius 1 is 1.10 bits per heavy atom. The van der Waals surface area contributed by atoms with Crippen LogP contribution in [0.3, 0.4) is 0 Å². The number of anilines is 2. The van der Waals surface area contributed by atoms with Crippen molar-refractivity contribution in [2.24, 2.45) is 23.7 Å². The van der Waals surface area contributed by atoms with E-state index in [0.29, 0.717) is 62.4 Å². The van der Waals surface area contributed by atoms with Gasteiger partial charge in [-0.25, -0.2) is 0 Å². The number of fused-ring (bicyclic) bond motifs is 1. The maximum atomic E-state index is 14.7. The van der Waals surface area contributed by atoms with Crippen LogP contribution in [0.2, 0.25) is 0 Å². The Morgan fingerprint density at radius 3 is 2.40 bits per heavy atom. The van der Waals surface area contributed by atoms with Crippen molar-refractivity contribution >= 4 is 29.0 Å². The van der Waals surface area contributed by atoms with Crippen LogP contribution in [0.1, 0.15) is 107 Å². The lowest BCUT2D eigenvalue weighted by atomic mass is 9.83. The number of amides is 2. The average molecular weight is 729 g/mol. The number of carbonyl (C=O) groups excluding carboxylic acids is 3. The number of ether oxygens (including phenoxy) is 3. The molecule has 4 atom stereocenters. The number of hydrogen-bond donors (Lipinski definition) is 1. The number of carbonyl (C=O) groups is 3. The van der Waals surface area contributed by atoms with E-state index in [4.69, 9.17) is 14.2 Å². The summed E-state index contributed by atoms with van der Waals surface area (Å²) in [5.41, 5.74) is -0.221. The van der Waals surface area contributed by atoms with Crippen molar-refractivity contribution in [1.29, 1.82) is 0 Å². The van der Waals surface area contributed by atoms with E-state index in [1.807, 2.05) is 64.9 Å². The number of benzene rings is 1. The number of hydrogen-bond acceptors (Lipinski definition) is 9. The van der Waals surface area contributed by atoms with E-state index in [-0.39, 0.29) is 30.2 Å². The first kappa shape index (κ1) is 42.2. The van der Waals surface area contributed by atoms with Gasteiger partial charge in [0, 0.05) is 56.9 Å². The molecule has 2 heterocycles. The molecule has 1 aliphatic carbocycles. The first-order chi connectivity index (χ1) is 24.4. The summed E-state index contributed by atoms with van der Waals surface area (Å²) >= 11 is 0. The molecule has 2 fully saturated rings. The summed E-state index contributed by atoms with van der Waals surface area (Å²) in [4.78, 5) is 49.7. The topological polar surface area (TPSA) is 112 Å². The Labute approximate surface area is 313 Å². The lowest BCUT2D eigenvalue weighted by Gasteiger charge is -2.42. The van der Waals surface area contributed by atoms with E-state index in [9.17, 15) is 19.5 Å². The minimum Gasteiger partial charge on any atom is -0.476 e. The molecule has 2 aliphatic heterocycles. The number of aliphatic hydroxyl groups excluding tert-OH is 1. The molecule has 0 aromatic heterocycles. The van der Waals surface area contributed by atoms with Gasteiger partial charge in [-0.15, -0.1) is 0 Å². The van der Waals surface area contributed by atoms with Crippen molar-refractivity contribution < 1.29 is 33.7 Å². The molecule has 0 radical (unpaired) electrons. The number of ketones is 1. The van der Waals surface area contributed by atoms with E-state index in [1.165, 1.54) is 0 Å². The van der Waals surface area contributed by atoms with Crippen LogP contribution in [0.25, 0.3) is 0 Å². The van der Waals surface area contributed by atoms with Crippen LogP contribution in [0.5, 0.6) is 5.75 Å². The van der Waals surface area contributed by atoms with Gasteiger partial charge in [0.05, 0.1) is 17.2 Å². The monoisotopic (exact) mass is 729 g/mol. The van der Waals surface area contributed by atoms with Gasteiger partial charge in [-0.2, -0.15) is 0 Å². The fourth-order valence-corrected chi connectivity index (χ4v) is 7.63. The summed E-state index contributed by atoms with van der Waals surface area (Å²) in [6, 6.07) is 5.74. The van der Waals surface area contributed by atoms with Gasteiger partial charge in [0.15, 0.2) is 5.60 Å². The van der Waals surface area contributed by atoms with Gasteiger partial charge < -0.3 is 34.0 Å². The molecule has 4 rings (SSSR count). The molecule has 11 heteroatoms. The van der Waals surface area contributed by atoms with Crippen LogP contribution in [0.15, 0.2) is 18.2 Å². The number of nitrogens with zero attached hydrogens (tertiary/aromatic N) is 4. The SMILES string of the molecule is CCOC[C@H](CCCC(=O)[C@H]1C[C@@H](C(=O)N(c2ccc3c(c2)N(CCCN(C)C)C(=O)C(C)(C)O3)C2CC2)CN(C(O)OC(C)(C)C)C1)CC(C)C. The molecule has 52 heavy (non-hydrogen) atoms. The second-order valence-electron chi connectivity index (χ2n) is 17.5. The Balaban J connectivity index is 1.57. The molecular formula is C41H68N4O7. The quantitative estimate of drug-likeness (QED) is 0.169. The summed E-state index contributed by atoms with van der Waals surface area (Å²) in [5.74, 6) is 0.623. The number of aliphatic hydroxyl groups is 1. The molecule has 2 amide bonds. The summed E-state index contributed by atoms with van der Waals surface area (Å²) in [6.07, 6.45) is 4.91. The van der Waals surface area contributed by atoms with Crippen molar-refractivity contribution in [3.8, 4) is 5.75 Å². The summed E-state index contributed by atoms with van der Waals surface area (Å²) in [5, 5.41) is 11.2. The number of Topliss-reactive ketones (excluding diaryl/α,β-unsaturated/α-hetero) is 1. The normalized spacial score (nSPS) is 21.9. The molecule has 1 saturated carbocycles. The third-order valence-corrected chi connectivity index (χ3v) is 10.2. The molecule has 1 unspecified atom stereocenters. The Hall–Kier alpha value is -2.57. The Kier molecular flexibility index (Phi) is 14.7. The van der Waals surface area contributed by atoms with Crippen LogP contribution < -0.4 is 14.5 Å². The molecule has 1 N–H and O–H groups in total. The van der Waals surface area contributed by atoms with E-state index >= 15 is 0 Å². The van der Waals surface area contributed by atoms with E-state index < -0.39 is 29.5 Å². The van der Waals surface area contributed by atoms with Gasteiger partial charge in [0.25, 0.3) is 5.91 Å².